The van der Waals surface area contributed by atoms with Gasteiger partial charge in [0.1, 0.15) is 10.8 Å². The number of amides is 1. The summed E-state index contributed by atoms with van der Waals surface area (Å²) in [5, 5.41) is 11.0. The first-order chi connectivity index (χ1) is 13.7. The topological polar surface area (TPSA) is 71.5 Å². The molecular formula is C19H23Cl2N5O2S. The Morgan fingerprint density at radius 1 is 1.28 bits per heavy atom. The summed E-state index contributed by atoms with van der Waals surface area (Å²) in [6, 6.07) is 1.72. The predicted octanol–water partition coefficient (Wildman–Crippen LogP) is 4.74. The molecule has 2 aromatic rings. The van der Waals surface area contributed by atoms with Crippen molar-refractivity contribution in [3.8, 4) is 10.6 Å². The molecule has 0 saturated carbocycles. The van der Waals surface area contributed by atoms with E-state index in [1.807, 2.05) is 25.7 Å². The Balaban J connectivity index is 1.51. The van der Waals surface area contributed by atoms with Crippen LogP contribution in [0.3, 0.4) is 0 Å². The van der Waals surface area contributed by atoms with Crippen molar-refractivity contribution in [3.05, 3.63) is 22.4 Å². The van der Waals surface area contributed by atoms with Crippen LogP contribution in [-0.2, 0) is 4.74 Å². The molecule has 1 amide bonds. The van der Waals surface area contributed by atoms with Crippen molar-refractivity contribution in [2.45, 2.75) is 45.3 Å². The van der Waals surface area contributed by atoms with Crippen LogP contribution in [0.1, 0.15) is 33.6 Å². The lowest BCUT2D eigenvalue weighted by Gasteiger charge is -2.32. The monoisotopic (exact) mass is 455 g/mol. The first-order valence-corrected chi connectivity index (χ1v) is 11.2. The van der Waals surface area contributed by atoms with E-state index in [1.165, 1.54) is 11.3 Å². The van der Waals surface area contributed by atoms with E-state index in [4.69, 9.17) is 27.9 Å². The summed E-state index contributed by atoms with van der Waals surface area (Å²) < 4.78 is 5.61. The zero-order valence-corrected chi connectivity index (χ0v) is 18.9. The summed E-state index contributed by atoms with van der Waals surface area (Å²) in [7, 11) is 0. The fourth-order valence-electron chi connectivity index (χ4n) is 3.81. The van der Waals surface area contributed by atoms with Crippen LogP contribution >= 0.6 is 34.5 Å². The second-order valence-corrected chi connectivity index (χ2v) is 10.3. The smallest absolute Gasteiger partial charge is 0.410 e. The number of hydrogen-bond donors (Lipinski definition) is 0. The highest BCUT2D eigenvalue weighted by Gasteiger charge is 2.40. The van der Waals surface area contributed by atoms with Gasteiger partial charge in [0.25, 0.3) is 0 Å². The first-order valence-electron chi connectivity index (χ1n) is 9.59. The molecule has 0 aromatic carbocycles. The standard InChI is InChI=1S/C19H23Cl2N5O2S/c1-19(2,3)28-18(27)26-9-11-4-5-25(10-12(26)6-11)17-24-23-16(29-17)13-8-22-15(21)7-14(13)20/h7-8,11-12H,4-6,9-10H2,1-3H3. The molecule has 10 heteroatoms. The number of pyridine rings is 1. The number of nitrogens with zero attached hydrogens (tertiary/aromatic N) is 5. The van der Waals surface area contributed by atoms with Gasteiger partial charge in [-0.3, -0.25) is 0 Å². The van der Waals surface area contributed by atoms with Crippen LogP contribution in [0, 0.1) is 5.92 Å². The number of aromatic nitrogens is 3. The molecule has 7 nitrogen and oxygen atoms in total. The highest BCUT2D eigenvalue weighted by molar-refractivity contribution is 7.18. The van der Waals surface area contributed by atoms with E-state index in [0.717, 1.165) is 37.6 Å². The number of rotatable bonds is 2. The summed E-state index contributed by atoms with van der Waals surface area (Å²) in [4.78, 5) is 20.8. The minimum atomic E-state index is -0.496. The van der Waals surface area contributed by atoms with E-state index >= 15 is 0 Å². The van der Waals surface area contributed by atoms with Gasteiger partial charge >= 0.3 is 6.09 Å². The number of halogens is 2. The van der Waals surface area contributed by atoms with Crippen LogP contribution in [0.5, 0.6) is 0 Å². The molecule has 2 aliphatic rings. The lowest BCUT2D eigenvalue weighted by Crippen LogP contribution is -2.46. The van der Waals surface area contributed by atoms with Crippen molar-refractivity contribution in [2.24, 2.45) is 5.92 Å². The number of carbonyl (C=O) groups is 1. The zero-order chi connectivity index (χ0) is 20.8. The minimum absolute atomic E-state index is 0.116. The molecule has 0 radical (unpaired) electrons. The fourth-order valence-corrected chi connectivity index (χ4v) is 5.23. The lowest BCUT2D eigenvalue weighted by atomic mass is 10.0. The molecule has 29 heavy (non-hydrogen) atoms. The molecular weight excluding hydrogens is 433 g/mol. The van der Waals surface area contributed by atoms with Gasteiger partial charge in [-0.25, -0.2) is 9.78 Å². The normalized spacial score (nSPS) is 22.0. The number of carbonyl (C=O) groups excluding carboxylic acids is 1. The fraction of sp³-hybridized carbons (Fsp3) is 0.579. The van der Waals surface area contributed by atoms with Crippen LogP contribution in [0.25, 0.3) is 10.6 Å². The highest BCUT2D eigenvalue weighted by atomic mass is 35.5. The van der Waals surface area contributed by atoms with Crippen molar-refractivity contribution in [2.75, 3.05) is 24.5 Å². The molecule has 4 heterocycles. The predicted molar refractivity (Wildman–Crippen MR) is 115 cm³/mol. The maximum absolute atomic E-state index is 12.6. The third-order valence-corrected chi connectivity index (χ3v) is 6.64. The van der Waals surface area contributed by atoms with Crippen LogP contribution < -0.4 is 4.90 Å². The molecule has 2 bridgehead atoms. The Labute approximate surface area is 184 Å². The summed E-state index contributed by atoms with van der Waals surface area (Å²) in [5.74, 6) is 0.486. The van der Waals surface area contributed by atoms with E-state index in [2.05, 4.69) is 20.1 Å². The first kappa shape index (κ1) is 20.6. The van der Waals surface area contributed by atoms with Crippen LogP contribution in [0.15, 0.2) is 12.3 Å². The molecule has 0 aliphatic carbocycles. The quantitative estimate of drug-likeness (QED) is 0.608. The molecule has 4 rings (SSSR count). The molecule has 0 spiro atoms. The van der Waals surface area contributed by atoms with E-state index in [1.54, 1.807) is 12.3 Å². The van der Waals surface area contributed by atoms with Crippen molar-refractivity contribution in [3.63, 3.8) is 0 Å². The maximum atomic E-state index is 12.6. The molecule has 0 N–H and O–H groups in total. The minimum Gasteiger partial charge on any atom is -0.444 e. The molecule has 2 unspecified atom stereocenters. The lowest BCUT2D eigenvalue weighted by molar-refractivity contribution is 0.0222. The largest absolute Gasteiger partial charge is 0.444 e. The van der Waals surface area contributed by atoms with E-state index < -0.39 is 5.60 Å². The van der Waals surface area contributed by atoms with Gasteiger partial charge in [-0.15, -0.1) is 10.2 Å². The molecule has 2 aromatic heterocycles. The van der Waals surface area contributed by atoms with Gasteiger partial charge < -0.3 is 14.5 Å². The van der Waals surface area contributed by atoms with Crippen molar-refractivity contribution >= 4 is 45.8 Å². The Hall–Kier alpha value is -1.64. The molecule has 2 saturated heterocycles. The summed E-state index contributed by atoms with van der Waals surface area (Å²) in [6.07, 6.45) is 3.38. The van der Waals surface area contributed by atoms with Crippen LogP contribution in [0.4, 0.5) is 9.93 Å². The van der Waals surface area contributed by atoms with Gasteiger partial charge in [-0.05, 0) is 45.6 Å². The summed E-state index contributed by atoms with van der Waals surface area (Å²) in [5.41, 5.74) is 0.218. The van der Waals surface area contributed by atoms with Gasteiger partial charge in [-0.1, -0.05) is 34.5 Å². The Morgan fingerprint density at radius 3 is 2.79 bits per heavy atom. The van der Waals surface area contributed by atoms with Crippen molar-refractivity contribution in [1.82, 2.24) is 20.1 Å². The number of hydrogen-bond acceptors (Lipinski definition) is 7. The molecule has 2 fully saturated rings. The second-order valence-electron chi connectivity index (χ2n) is 8.50. The molecule has 156 valence electrons. The van der Waals surface area contributed by atoms with Gasteiger partial charge in [0, 0.05) is 31.4 Å². The van der Waals surface area contributed by atoms with Gasteiger partial charge in [0.15, 0.2) is 5.01 Å². The number of likely N-dealkylation sites (tertiary alicyclic amines) is 1. The Kier molecular flexibility index (Phi) is 5.61. The zero-order valence-electron chi connectivity index (χ0n) is 16.6. The van der Waals surface area contributed by atoms with E-state index in [9.17, 15) is 4.79 Å². The van der Waals surface area contributed by atoms with Gasteiger partial charge in [-0.2, -0.15) is 0 Å². The third kappa shape index (κ3) is 4.59. The highest BCUT2D eigenvalue weighted by Crippen LogP contribution is 2.37. The average molecular weight is 456 g/mol. The maximum Gasteiger partial charge on any atom is 0.410 e. The van der Waals surface area contributed by atoms with Gasteiger partial charge in [0.2, 0.25) is 5.13 Å². The number of ether oxygens (including phenoxy) is 1. The average Bonchev–Trinajstić information content (AvgIpc) is 3.17. The number of anilines is 1. The summed E-state index contributed by atoms with van der Waals surface area (Å²) in [6.45, 7) is 8.06. The van der Waals surface area contributed by atoms with E-state index in [-0.39, 0.29) is 12.1 Å². The second kappa shape index (κ2) is 7.89. The Morgan fingerprint density at radius 2 is 2.07 bits per heavy atom. The number of fused-ring (bicyclic) bond motifs is 2. The van der Waals surface area contributed by atoms with Crippen molar-refractivity contribution < 1.29 is 9.53 Å². The van der Waals surface area contributed by atoms with Crippen LogP contribution in [-0.4, -0.2) is 57.5 Å². The van der Waals surface area contributed by atoms with Crippen LogP contribution in [0.2, 0.25) is 10.2 Å². The van der Waals surface area contributed by atoms with Gasteiger partial charge in [0.05, 0.1) is 11.1 Å². The molecule has 2 atom stereocenters. The summed E-state index contributed by atoms with van der Waals surface area (Å²) >= 11 is 13.6. The SMILES string of the molecule is CC(C)(C)OC(=O)N1CC2CCN(c3nnc(-c4cnc(Cl)cc4Cl)s3)CC1C2. The molecule has 2 aliphatic heterocycles. The Bertz CT molecular complexity index is 916. The van der Waals surface area contributed by atoms with Crippen molar-refractivity contribution in [1.29, 1.82) is 0 Å². The van der Waals surface area contributed by atoms with E-state index in [0.29, 0.717) is 26.7 Å². The third-order valence-electron chi connectivity index (χ3n) is 5.10.